The van der Waals surface area contributed by atoms with Gasteiger partial charge in [-0.25, -0.2) is 4.99 Å². The monoisotopic (exact) mass is 526 g/mol. The average molecular weight is 527 g/mol. The summed E-state index contributed by atoms with van der Waals surface area (Å²) in [7, 11) is 3.51. The third-order valence-corrected chi connectivity index (χ3v) is 5.00. The van der Waals surface area contributed by atoms with Crippen molar-refractivity contribution in [1.82, 2.24) is 15.5 Å². The zero-order valence-electron chi connectivity index (χ0n) is 17.0. The average Bonchev–Trinajstić information content (AvgIpc) is 3.45. The fraction of sp³-hybridized carbons (Fsp3) is 0.364. The summed E-state index contributed by atoms with van der Waals surface area (Å²) in [6, 6.07) is 16.0. The van der Waals surface area contributed by atoms with Crippen LogP contribution in [0.2, 0.25) is 5.02 Å². The van der Waals surface area contributed by atoms with E-state index in [1.165, 1.54) is 5.56 Å². The summed E-state index contributed by atoms with van der Waals surface area (Å²) in [6.07, 6.45) is 1.08. The van der Waals surface area contributed by atoms with E-state index in [4.69, 9.17) is 16.6 Å². The largest absolute Gasteiger partial charge is 0.357 e. The molecule has 2 aromatic carbocycles. The van der Waals surface area contributed by atoms with Crippen molar-refractivity contribution < 1.29 is 4.79 Å². The van der Waals surface area contributed by atoms with Gasteiger partial charge in [0, 0.05) is 43.2 Å². The van der Waals surface area contributed by atoms with Crippen LogP contribution in [0.1, 0.15) is 40.7 Å². The summed E-state index contributed by atoms with van der Waals surface area (Å²) >= 11 is 6.11. The molecule has 156 valence electrons. The Morgan fingerprint density at radius 3 is 2.55 bits per heavy atom. The lowest BCUT2D eigenvalue weighted by atomic mass is 10.1. The smallest absolute Gasteiger partial charge is 0.253 e. The summed E-state index contributed by atoms with van der Waals surface area (Å²) in [4.78, 5) is 18.2. The Morgan fingerprint density at radius 2 is 1.93 bits per heavy atom. The number of nitrogens with one attached hydrogen (secondary N) is 2. The van der Waals surface area contributed by atoms with Gasteiger partial charge in [-0.3, -0.25) is 4.79 Å². The van der Waals surface area contributed by atoms with Crippen molar-refractivity contribution >= 4 is 47.4 Å². The van der Waals surface area contributed by atoms with Crippen LogP contribution in [0.3, 0.4) is 0 Å². The maximum atomic E-state index is 12.0. The molecule has 1 saturated carbocycles. The number of carbonyl (C=O) groups is 1. The highest BCUT2D eigenvalue weighted by molar-refractivity contribution is 14.0. The van der Waals surface area contributed by atoms with Gasteiger partial charge in [0.05, 0.1) is 6.54 Å². The second-order valence-electron chi connectivity index (χ2n) is 7.24. The van der Waals surface area contributed by atoms with Gasteiger partial charge in [-0.2, -0.15) is 0 Å². The molecule has 5 nitrogen and oxygen atoms in total. The first kappa shape index (κ1) is 23.5. The predicted molar refractivity (Wildman–Crippen MR) is 130 cm³/mol. The van der Waals surface area contributed by atoms with Crippen LogP contribution in [0.15, 0.2) is 53.5 Å². The fourth-order valence-corrected chi connectivity index (χ4v) is 3.34. The minimum Gasteiger partial charge on any atom is -0.357 e. The molecule has 0 heterocycles. The molecule has 0 bridgehead atoms. The summed E-state index contributed by atoms with van der Waals surface area (Å²) in [5.41, 5.74) is 3.02. The standard InChI is InChI=1S/C22H27ClN4O.HI/c1-4-24-22(26-20-13-19(20)17-6-5-7-18(23)12-17)25-14-15-8-10-16(11-9-15)21(28)27(2)3;/h5-12,19-20H,4,13-14H2,1-3H3,(H2,24,25,26);1H. The number of hydrogen-bond donors (Lipinski definition) is 2. The molecule has 0 saturated heterocycles. The van der Waals surface area contributed by atoms with Crippen LogP contribution in [-0.2, 0) is 6.54 Å². The van der Waals surface area contributed by atoms with Gasteiger partial charge in [-0.05, 0) is 48.7 Å². The van der Waals surface area contributed by atoms with Crippen LogP contribution in [0, 0.1) is 0 Å². The number of aliphatic imine (C=N–C) groups is 1. The van der Waals surface area contributed by atoms with Crippen LogP contribution in [0.4, 0.5) is 0 Å². The predicted octanol–water partition coefficient (Wildman–Crippen LogP) is 4.27. The van der Waals surface area contributed by atoms with E-state index in [-0.39, 0.29) is 29.9 Å². The van der Waals surface area contributed by atoms with E-state index in [1.807, 2.05) is 42.5 Å². The van der Waals surface area contributed by atoms with Gasteiger partial charge in [0.2, 0.25) is 0 Å². The number of hydrogen-bond acceptors (Lipinski definition) is 2. The van der Waals surface area contributed by atoms with Crippen molar-refractivity contribution in [1.29, 1.82) is 0 Å². The Morgan fingerprint density at radius 1 is 1.21 bits per heavy atom. The molecule has 1 aliphatic carbocycles. The highest BCUT2D eigenvalue weighted by atomic mass is 127. The van der Waals surface area contributed by atoms with E-state index < -0.39 is 0 Å². The number of carbonyl (C=O) groups excluding carboxylic acids is 1. The summed E-state index contributed by atoms with van der Waals surface area (Å²) in [6.45, 7) is 3.41. The van der Waals surface area contributed by atoms with E-state index >= 15 is 0 Å². The Bertz CT molecular complexity index is 854. The lowest BCUT2D eigenvalue weighted by molar-refractivity contribution is 0.0827. The van der Waals surface area contributed by atoms with Gasteiger partial charge in [-0.15, -0.1) is 24.0 Å². The van der Waals surface area contributed by atoms with Crippen molar-refractivity contribution in [3.05, 3.63) is 70.2 Å². The van der Waals surface area contributed by atoms with Gasteiger partial charge < -0.3 is 15.5 Å². The number of nitrogens with zero attached hydrogens (tertiary/aromatic N) is 2. The normalized spacial score (nSPS) is 17.9. The Labute approximate surface area is 194 Å². The van der Waals surface area contributed by atoms with Crippen molar-refractivity contribution in [2.75, 3.05) is 20.6 Å². The molecule has 7 heteroatoms. The lowest BCUT2D eigenvalue weighted by Crippen LogP contribution is -2.39. The molecule has 1 fully saturated rings. The topological polar surface area (TPSA) is 56.7 Å². The molecule has 0 aromatic heterocycles. The minimum absolute atomic E-state index is 0. The van der Waals surface area contributed by atoms with Crippen LogP contribution in [0.25, 0.3) is 0 Å². The maximum Gasteiger partial charge on any atom is 0.253 e. The highest BCUT2D eigenvalue weighted by Crippen LogP contribution is 2.41. The number of guanidine groups is 1. The van der Waals surface area contributed by atoms with E-state index in [0.717, 1.165) is 29.5 Å². The fourth-order valence-electron chi connectivity index (χ4n) is 3.14. The van der Waals surface area contributed by atoms with Crippen LogP contribution in [0.5, 0.6) is 0 Å². The van der Waals surface area contributed by atoms with Crippen LogP contribution >= 0.6 is 35.6 Å². The van der Waals surface area contributed by atoms with Gasteiger partial charge in [0.15, 0.2) is 5.96 Å². The molecule has 1 aliphatic rings. The van der Waals surface area contributed by atoms with Crippen molar-refractivity contribution in [3.8, 4) is 0 Å². The van der Waals surface area contributed by atoms with E-state index in [1.54, 1.807) is 19.0 Å². The second-order valence-corrected chi connectivity index (χ2v) is 7.68. The first-order valence-electron chi connectivity index (χ1n) is 9.59. The molecule has 3 rings (SSSR count). The quantitative estimate of drug-likeness (QED) is 0.336. The number of rotatable bonds is 6. The number of halogens is 2. The molecule has 0 aliphatic heterocycles. The molecular weight excluding hydrogens is 499 g/mol. The van der Waals surface area contributed by atoms with Crippen molar-refractivity contribution in [3.63, 3.8) is 0 Å². The molecule has 2 aromatic rings. The van der Waals surface area contributed by atoms with Crippen LogP contribution in [-0.4, -0.2) is 43.4 Å². The van der Waals surface area contributed by atoms with E-state index in [9.17, 15) is 4.79 Å². The molecule has 2 unspecified atom stereocenters. The molecule has 0 spiro atoms. The molecular formula is C22H28ClIN4O. The third kappa shape index (κ3) is 6.60. The summed E-state index contributed by atoms with van der Waals surface area (Å²) in [5, 5.41) is 7.59. The molecule has 1 amide bonds. The van der Waals surface area contributed by atoms with Crippen molar-refractivity contribution in [2.24, 2.45) is 4.99 Å². The van der Waals surface area contributed by atoms with Gasteiger partial charge >= 0.3 is 0 Å². The maximum absolute atomic E-state index is 12.0. The zero-order valence-corrected chi connectivity index (χ0v) is 20.1. The van der Waals surface area contributed by atoms with Gasteiger partial charge in [0.25, 0.3) is 5.91 Å². The molecule has 2 N–H and O–H groups in total. The Hall–Kier alpha value is -1.80. The van der Waals surface area contributed by atoms with E-state index in [0.29, 0.717) is 24.1 Å². The van der Waals surface area contributed by atoms with Gasteiger partial charge in [0.1, 0.15) is 0 Å². The Kier molecular flexibility index (Phi) is 8.77. The summed E-state index contributed by atoms with van der Waals surface area (Å²) < 4.78 is 0. The number of amides is 1. The third-order valence-electron chi connectivity index (χ3n) is 4.76. The first-order valence-corrected chi connectivity index (χ1v) is 9.96. The minimum atomic E-state index is 0. The lowest BCUT2D eigenvalue weighted by Gasteiger charge is -2.12. The zero-order chi connectivity index (χ0) is 20.1. The highest BCUT2D eigenvalue weighted by Gasteiger charge is 2.39. The Balaban J connectivity index is 0.00000300. The second kappa shape index (κ2) is 10.8. The van der Waals surface area contributed by atoms with Crippen molar-refractivity contribution in [2.45, 2.75) is 31.8 Å². The first-order chi connectivity index (χ1) is 13.5. The molecule has 29 heavy (non-hydrogen) atoms. The number of benzene rings is 2. The molecule has 2 atom stereocenters. The summed E-state index contributed by atoms with van der Waals surface area (Å²) in [5.74, 6) is 1.29. The molecule has 0 radical (unpaired) electrons. The SMILES string of the molecule is CCNC(=NCc1ccc(C(=O)N(C)C)cc1)NC1CC1c1cccc(Cl)c1.I. The van der Waals surface area contributed by atoms with E-state index in [2.05, 4.69) is 23.6 Å². The van der Waals surface area contributed by atoms with Gasteiger partial charge in [-0.1, -0.05) is 35.9 Å². The van der Waals surface area contributed by atoms with Crippen LogP contribution < -0.4 is 10.6 Å².